The van der Waals surface area contributed by atoms with Crippen molar-refractivity contribution in [3.8, 4) is 11.8 Å². The van der Waals surface area contributed by atoms with Gasteiger partial charge in [0, 0.05) is 46.2 Å². The fourth-order valence-electron chi connectivity index (χ4n) is 3.81. The molecule has 154 valence electrons. The van der Waals surface area contributed by atoms with Gasteiger partial charge in [-0.3, -0.25) is 9.69 Å². The summed E-state index contributed by atoms with van der Waals surface area (Å²) in [5.41, 5.74) is 1.09. The van der Waals surface area contributed by atoms with Crippen LogP contribution >= 0.6 is 11.3 Å². The number of amides is 1. The van der Waals surface area contributed by atoms with Gasteiger partial charge in [0.15, 0.2) is 5.13 Å². The number of thiazole rings is 1. The van der Waals surface area contributed by atoms with Crippen LogP contribution in [0.4, 0.5) is 5.13 Å². The van der Waals surface area contributed by atoms with Crippen LogP contribution in [0.5, 0.6) is 0 Å². The normalized spacial score (nSPS) is 18.7. The molecule has 1 aromatic heterocycles. The number of hydrogen-bond donors (Lipinski definition) is 0. The molecule has 7 heteroatoms. The van der Waals surface area contributed by atoms with Crippen molar-refractivity contribution in [1.82, 2.24) is 14.8 Å². The molecular formula is C22H28N4O2S. The van der Waals surface area contributed by atoms with Crippen molar-refractivity contribution in [2.24, 2.45) is 0 Å². The number of carbonyl (C=O) groups is 1. The minimum Gasteiger partial charge on any atom is -0.365 e. The fraction of sp³-hybridized carbons (Fsp3) is 0.545. The first-order valence-electron chi connectivity index (χ1n) is 10.3. The Morgan fingerprint density at radius 2 is 1.90 bits per heavy atom. The number of aromatic nitrogens is 1. The summed E-state index contributed by atoms with van der Waals surface area (Å²) in [6.07, 6.45) is 2.32. The molecule has 0 atom stereocenters. The highest BCUT2D eigenvalue weighted by Gasteiger charge is 2.22. The number of para-hydroxylation sites is 1. The van der Waals surface area contributed by atoms with E-state index in [0.29, 0.717) is 6.61 Å². The quantitative estimate of drug-likeness (QED) is 0.722. The summed E-state index contributed by atoms with van der Waals surface area (Å²) in [6.45, 7) is 8.28. The molecule has 0 radical (unpaired) electrons. The SMILES string of the molecule is CC(=O)N1CCN(CC#CCOC2CCN(c3nc4ccccc4s3)CC2)CC1. The van der Waals surface area contributed by atoms with Gasteiger partial charge in [0.2, 0.25) is 5.91 Å². The minimum atomic E-state index is 0.165. The van der Waals surface area contributed by atoms with Gasteiger partial charge < -0.3 is 14.5 Å². The second-order valence-electron chi connectivity index (χ2n) is 7.60. The van der Waals surface area contributed by atoms with Crippen LogP contribution in [0.3, 0.4) is 0 Å². The molecule has 4 rings (SSSR count). The van der Waals surface area contributed by atoms with Crippen LogP contribution < -0.4 is 4.90 Å². The van der Waals surface area contributed by atoms with E-state index in [2.05, 4.69) is 39.8 Å². The van der Waals surface area contributed by atoms with Crippen molar-refractivity contribution in [3.63, 3.8) is 0 Å². The van der Waals surface area contributed by atoms with E-state index in [4.69, 9.17) is 9.72 Å². The van der Waals surface area contributed by atoms with Crippen LogP contribution in [-0.4, -0.2) is 79.2 Å². The van der Waals surface area contributed by atoms with Crippen molar-refractivity contribution in [2.45, 2.75) is 25.9 Å². The number of hydrogen-bond acceptors (Lipinski definition) is 6. The van der Waals surface area contributed by atoms with Gasteiger partial charge in [-0.1, -0.05) is 35.3 Å². The largest absolute Gasteiger partial charge is 0.365 e. The number of fused-ring (bicyclic) bond motifs is 1. The number of nitrogens with zero attached hydrogens (tertiary/aromatic N) is 4. The van der Waals surface area contributed by atoms with E-state index in [1.54, 1.807) is 18.3 Å². The third-order valence-corrected chi connectivity index (χ3v) is 6.73. The monoisotopic (exact) mass is 412 g/mol. The maximum absolute atomic E-state index is 11.4. The van der Waals surface area contributed by atoms with Gasteiger partial charge in [0.1, 0.15) is 6.61 Å². The molecule has 3 heterocycles. The van der Waals surface area contributed by atoms with Crippen LogP contribution in [0.15, 0.2) is 24.3 Å². The van der Waals surface area contributed by atoms with Crippen molar-refractivity contribution < 1.29 is 9.53 Å². The maximum Gasteiger partial charge on any atom is 0.219 e. The zero-order valence-corrected chi connectivity index (χ0v) is 17.8. The van der Waals surface area contributed by atoms with Crippen molar-refractivity contribution >= 4 is 32.6 Å². The number of rotatable bonds is 4. The predicted octanol–water partition coefficient (Wildman–Crippen LogP) is 2.45. The number of piperazine rings is 1. The number of benzene rings is 1. The molecule has 2 aliphatic heterocycles. The van der Waals surface area contributed by atoms with Crippen LogP contribution in [0.25, 0.3) is 10.2 Å². The van der Waals surface area contributed by atoms with E-state index in [-0.39, 0.29) is 12.0 Å². The smallest absolute Gasteiger partial charge is 0.219 e. The number of ether oxygens (including phenoxy) is 1. The van der Waals surface area contributed by atoms with Crippen LogP contribution in [0.1, 0.15) is 19.8 Å². The first kappa shape index (κ1) is 20.1. The molecule has 2 saturated heterocycles. The summed E-state index contributed by atoms with van der Waals surface area (Å²) < 4.78 is 7.22. The molecular weight excluding hydrogens is 384 g/mol. The van der Waals surface area contributed by atoms with Gasteiger partial charge >= 0.3 is 0 Å². The Bertz CT molecular complexity index is 854. The highest BCUT2D eigenvalue weighted by atomic mass is 32.1. The Morgan fingerprint density at radius 1 is 1.14 bits per heavy atom. The summed E-state index contributed by atoms with van der Waals surface area (Å²) in [7, 11) is 0. The molecule has 0 saturated carbocycles. The van der Waals surface area contributed by atoms with Crippen molar-refractivity contribution in [3.05, 3.63) is 24.3 Å². The summed E-state index contributed by atoms with van der Waals surface area (Å²) >= 11 is 1.77. The molecule has 1 amide bonds. The number of piperidine rings is 1. The molecule has 0 aliphatic carbocycles. The Morgan fingerprint density at radius 3 is 2.62 bits per heavy atom. The van der Waals surface area contributed by atoms with Gasteiger partial charge in [0.25, 0.3) is 0 Å². The van der Waals surface area contributed by atoms with Crippen LogP contribution in [0, 0.1) is 11.8 Å². The van der Waals surface area contributed by atoms with E-state index in [0.717, 1.165) is 69.3 Å². The van der Waals surface area contributed by atoms with Gasteiger partial charge in [0.05, 0.1) is 22.9 Å². The summed E-state index contributed by atoms with van der Waals surface area (Å²) in [5, 5.41) is 1.12. The maximum atomic E-state index is 11.4. The molecule has 2 fully saturated rings. The Kier molecular flexibility index (Phi) is 6.65. The second kappa shape index (κ2) is 9.57. The van der Waals surface area contributed by atoms with E-state index in [1.807, 2.05) is 11.0 Å². The fourth-order valence-corrected chi connectivity index (χ4v) is 4.83. The summed E-state index contributed by atoms with van der Waals surface area (Å²) in [5.74, 6) is 6.54. The first-order valence-corrected chi connectivity index (χ1v) is 11.2. The molecule has 0 N–H and O–H groups in total. The third kappa shape index (κ3) is 5.27. The van der Waals surface area contributed by atoms with Crippen LogP contribution in [0.2, 0.25) is 0 Å². The Hall–Kier alpha value is -2.14. The van der Waals surface area contributed by atoms with Crippen molar-refractivity contribution in [1.29, 1.82) is 0 Å². The molecule has 29 heavy (non-hydrogen) atoms. The average Bonchev–Trinajstić information content (AvgIpc) is 3.18. The van der Waals surface area contributed by atoms with Gasteiger partial charge in [-0.05, 0) is 25.0 Å². The molecule has 0 spiro atoms. The third-order valence-electron chi connectivity index (χ3n) is 5.63. The number of anilines is 1. The van der Waals surface area contributed by atoms with Gasteiger partial charge in [-0.2, -0.15) is 0 Å². The lowest BCUT2D eigenvalue weighted by Crippen LogP contribution is -2.47. The Balaban J connectivity index is 1.15. The standard InChI is InChI=1S/C22H28N4O2S/c1-18(27)25-15-13-24(14-16-25)10-4-5-17-28-19-8-11-26(12-9-19)22-23-20-6-2-3-7-21(20)29-22/h2-3,6-7,19H,8-17H2,1H3. The highest BCUT2D eigenvalue weighted by molar-refractivity contribution is 7.22. The van der Waals surface area contributed by atoms with Crippen molar-refractivity contribution in [2.75, 3.05) is 57.3 Å². The van der Waals surface area contributed by atoms with E-state index in [1.165, 1.54) is 4.70 Å². The van der Waals surface area contributed by atoms with Gasteiger partial charge in [-0.15, -0.1) is 0 Å². The molecule has 2 aliphatic rings. The van der Waals surface area contributed by atoms with Crippen LogP contribution in [-0.2, 0) is 9.53 Å². The first-order chi connectivity index (χ1) is 14.2. The van der Waals surface area contributed by atoms with E-state index >= 15 is 0 Å². The lowest BCUT2D eigenvalue weighted by atomic mass is 10.1. The Labute approximate surface area is 176 Å². The lowest BCUT2D eigenvalue weighted by Gasteiger charge is -2.33. The zero-order chi connectivity index (χ0) is 20.1. The minimum absolute atomic E-state index is 0.165. The molecule has 0 unspecified atom stereocenters. The summed E-state index contributed by atoms with van der Waals surface area (Å²) in [6, 6.07) is 8.32. The van der Waals surface area contributed by atoms with E-state index in [9.17, 15) is 4.79 Å². The highest BCUT2D eigenvalue weighted by Crippen LogP contribution is 2.30. The number of carbonyl (C=O) groups excluding carboxylic acids is 1. The predicted molar refractivity (Wildman–Crippen MR) is 117 cm³/mol. The topological polar surface area (TPSA) is 48.9 Å². The lowest BCUT2D eigenvalue weighted by molar-refractivity contribution is -0.130. The molecule has 0 bridgehead atoms. The molecule has 2 aromatic rings. The second-order valence-corrected chi connectivity index (χ2v) is 8.61. The average molecular weight is 413 g/mol. The zero-order valence-electron chi connectivity index (χ0n) is 17.0. The van der Waals surface area contributed by atoms with Gasteiger partial charge in [-0.25, -0.2) is 4.98 Å². The van der Waals surface area contributed by atoms with E-state index < -0.39 is 0 Å². The molecule has 6 nitrogen and oxygen atoms in total. The summed E-state index contributed by atoms with van der Waals surface area (Å²) in [4.78, 5) is 22.7. The molecule has 1 aromatic carbocycles.